The molecule has 5 nitrogen and oxygen atoms in total. The number of carboxylic acid groups (broad SMARTS) is 1. The van der Waals surface area contributed by atoms with E-state index in [1.54, 1.807) is 18.2 Å². The van der Waals surface area contributed by atoms with Crippen LogP contribution in [-0.4, -0.2) is 36.6 Å². The number of methoxy groups -OCH3 is 1. The van der Waals surface area contributed by atoms with Crippen molar-refractivity contribution in [2.45, 2.75) is 25.6 Å². The van der Waals surface area contributed by atoms with Crippen molar-refractivity contribution in [3.05, 3.63) is 29.3 Å². The minimum absolute atomic E-state index is 0.0560. The Labute approximate surface area is 130 Å². The first-order valence-corrected chi connectivity index (χ1v) is 6.91. The maximum Gasteiger partial charge on any atom is 0.406 e. The monoisotopic (exact) mass is 330 g/mol. The number of rotatable bonds is 4. The van der Waals surface area contributed by atoms with Crippen LogP contribution in [-0.2, 0) is 22.6 Å². The van der Waals surface area contributed by atoms with E-state index in [2.05, 4.69) is 0 Å². The van der Waals surface area contributed by atoms with Crippen LogP contribution in [0.4, 0.5) is 13.2 Å². The summed E-state index contributed by atoms with van der Waals surface area (Å²) < 4.78 is 43.2. The van der Waals surface area contributed by atoms with Gasteiger partial charge in [0.2, 0.25) is 5.91 Å². The summed E-state index contributed by atoms with van der Waals surface area (Å²) in [6, 6.07) is 4.83. The van der Waals surface area contributed by atoms with E-state index in [9.17, 15) is 27.9 Å². The summed E-state index contributed by atoms with van der Waals surface area (Å²) in [4.78, 5) is 23.7. The van der Waals surface area contributed by atoms with Crippen LogP contribution < -0.4 is 9.84 Å². The third-order valence-electron chi connectivity index (χ3n) is 3.69. The number of hydrogen-bond acceptors (Lipinski definition) is 4. The first kappa shape index (κ1) is 17.1. The number of amides is 1. The fourth-order valence-electron chi connectivity index (χ4n) is 2.68. The lowest BCUT2D eigenvalue weighted by Crippen LogP contribution is -2.42. The maximum atomic E-state index is 12.7. The highest BCUT2D eigenvalue weighted by Gasteiger charge is 2.37. The Kier molecular flexibility index (Phi) is 4.82. The van der Waals surface area contributed by atoms with E-state index in [1.807, 2.05) is 0 Å². The van der Waals surface area contributed by atoms with E-state index in [0.29, 0.717) is 21.8 Å². The maximum absolute atomic E-state index is 12.7. The van der Waals surface area contributed by atoms with E-state index in [0.717, 1.165) is 0 Å². The number of benzene rings is 1. The van der Waals surface area contributed by atoms with Gasteiger partial charge in [-0.25, -0.2) is 0 Å². The summed E-state index contributed by atoms with van der Waals surface area (Å²) in [5.41, 5.74) is 1.15. The van der Waals surface area contributed by atoms with Gasteiger partial charge >= 0.3 is 6.18 Å². The number of halogens is 3. The molecule has 0 saturated heterocycles. The molecule has 0 aromatic heterocycles. The molecule has 1 aromatic carbocycles. The molecule has 1 atom stereocenters. The van der Waals surface area contributed by atoms with Crippen LogP contribution in [0, 0.1) is 5.92 Å². The van der Waals surface area contributed by atoms with E-state index < -0.39 is 36.9 Å². The van der Waals surface area contributed by atoms with Gasteiger partial charge in [0.15, 0.2) is 0 Å². The number of carboxylic acids is 1. The lowest BCUT2D eigenvalue weighted by molar-refractivity contribution is -0.306. The van der Waals surface area contributed by atoms with Crippen molar-refractivity contribution in [3.8, 4) is 5.75 Å². The molecule has 8 heteroatoms. The predicted molar refractivity (Wildman–Crippen MR) is 71.3 cm³/mol. The second-order valence-corrected chi connectivity index (χ2v) is 5.42. The standard InChI is InChI=1S/C15H16F3NO4/c1-23-12-3-2-9-4-10(6-13(20)21)14(22)19(7-11(9)5-12)8-15(16,17)18/h2-3,5,10H,4,6-8H2,1H3,(H,20,21)/p-1. The molecular weight excluding hydrogens is 315 g/mol. The van der Waals surface area contributed by atoms with Gasteiger partial charge in [0.25, 0.3) is 0 Å². The second-order valence-electron chi connectivity index (χ2n) is 5.42. The van der Waals surface area contributed by atoms with Crippen LogP contribution in [0.1, 0.15) is 17.5 Å². The number of nitrogens with zero attached hydrogens (tertiary/aromatic N) is 1. The Morgan fingerprint density at radius 2 is 2.09 bits per heavy atom. The van der Waals surface area contributed by atoms with E-state index >= 15 is 0 Å². The van der Waals surface area contributed by atoms with Gasteiger partial charge in [0.1, 0.15) is 12.3 Å². The van der Waals surface area contributed by atoms with Gasteiger partial charge in [-0.2, -0.15) is 13.2 Å². The van der Waals surface area contributed by atoms with E-state index in [4.69, 9.17) is 4.74 Å². The van der Waals surface area contributed by atoms with Crippen molar-refractivity contribution < 1.29 is 32.6 Å². The fraction of sp³-hybridized carbons (Fsp3) is 0.467. The highest BCUT2D eigenvalue weighted by atomic mass is 19.4. The van der Waals surface area contributed by atoms with Gasteiger partial charge in [-0.1, -0.05) is 6.07 Å². The molecule has 1 amide bonds. The highest BCUT2D eigenvalue weighted by molar-refractivity contribution is 5.83. The van der Waals surface area contributed by atoms with Crippen LogP contribution in [0.3, 0.4) is 0 Å². The van der Waals surface area contributed by atoms with E-state index in [1.165, 1.54) is 7.11 Å². The molecule has 1 aliphatic rings. The van der Waals surface area contributed by atoms with Crippen LogP contribution in [0.15, 0.2) is 18.2 Å². The first-order chi connectivity index (χ1) is 10.7. The van der Waals surface area contributed by atoms with Crippen molar-refractivity contribution in [1.82, 2.24) is 4.90 Å². The highest BCUT2D eigenvalue weighted by Crippen LogP contribution is 2.29. The van der Waals surface area contributed by atoms with Gasteiger partial charge in [0, 0.05) is 18.4 Å². The average molecular weight is 330 g/mol. The molecule has 126 valence electrons. The molecule has 1 aliphatic heterocycles. The van der Waals surface area contributed by atoms with Gasteiger partial charge in [0.05, 0.1) is 7.11 Å². The summed E-state index contributed by atoms with van der Waals surface area (Å²) in [7, 11) is 1.43. The molecule has 1 unspecified atom stereocenters. The Hall–Kier alpha value is -2.25. The third-order valence-corrected chi connectivity index (χ3v) is 3.69. The number of carbonyl (C=O) groups is 2. The lowest BCUT2D eigenvalue weighted by atomic mass is 9.94. The molecule has 2 rings (SSSR count). The van der Waals surface area contributed by atoms with Crippen LogP contribution >= 0.6 is 0 Å². The smallest absolute Gasteiger partial charge is 0.406 e. The molecule has 0 bridgehead atoms. The van der Waals surface area contributed by atoms with Crippen LogP contribution in [0.25, 0.3) is 0 Å². The first-order valence-electron chi connectivity index (χ1n) is 6.91. The molecule has 0 fully saturated rings. The molecule has 1 heterocycles. The van der Waals surface area contributed by atoms with Gasteiger partial charge in [-0.05, 0) is 36.1 Å². The SMILES string of the molecule is COc1ccc2c(c1)CN(CC(F)(F)F)C(=O)C(CC(=O)[O-])C2. The number of alkyl halides is 3. The molecular formula is C15H15F3NO4-. The zero-order valence-corrected chi connectivity index (χ0v) is 12.4. The lowest BCUT2D eigenvalue weighted by Gasteiger charge is -2.25. The normalized spacial score (nSPS) is 18.3. The topological polar surface area (TPSA) is 69.7 Å². The molecule has 23 heavy (non-hydrogen) atoms. The summed E-state index contributed by atoms with van der Waals surface area (Å²) >= 11 is 0. The number of carbonyl (C=O) groups excluding carboxylic acids is 2. The average Bonchev–Trinajstić information content (AvgIpc) is 2.55. The molecule has 1 aromatic rings. The Bertz CT molecular complexity index is 615. The van der Waals surface area contributed by atoms with Crippen molar-refractivity contribution in [1.29, 1.82) is 0 Å². The molecule has 0 spiro atoms. The Balaban J connectivity index is 2.38. The molecule has 0 aliphatic carbocycles. The number of fused-ring (bicyclic) bond motifs is 1. The van der Waals surface area contributed by atoms with Crippen molar-refractivity contribution in [3.63, 3.8) is 0 Å². The largest absolute Gasteiger partial charge is 0.550 e. The molecule has 0 radical (unpaired) electrons. The third kappa shape index (κ3) is 4.37. The minimum Gasteiger partial charge on any atom is -0.550 e. The summed E-state index contributed by atoms with van der Waals surface area (Å²) in [6.45, 7) is -1.67. The summed E-state index contributed by atoms with van der Waals surface area (Å²) in [5, 5.41) is 10.8. The number of ether oxygens (including phenoxy) is 1. The van der Waals surface area contributed by atoms with Crippen molar-refractivity contribution >= 4 is 11.9 Å². The quantitative estimate of drug-likeness (QED) is 0.822. The summed E-state index contributed by atoms with van der Waals surface area (Å²) in [6.07, 6.45) is -5.12. The molecule has 0 N–H and O–H groups in total. The van der Waals surface area contributed by atoms with Crippen LogP contribution in [0.2, 0.25) is 0 Å². The number of hydrogen-bond donors (Lipinski definition) is 0. The van der Waals surface area contributed by atoms with E-state index in [-0.39, 0.29) is 13.0 Å². The minimum atomic E-state index is -4.56. The van der Waals surface area contributed by atoms with Crippen LogP contribution in [0.5, 0.6) is 5.75 Å². The Morgan fingerprint density at radius 1 is 1.39 bits per heavy atom. The molecule has 0 saturated carbocycles. The predicted octanol–water partition coefficient (Wildman–Crippen LogP) is 0.898. The zero-order valence-electron chi connectivity index (χ0n) is 12.4. The Morgan fingerprint density at radius 3 is 2.65 bits per heavy atom. The van der Waals surface area contributed by atoms with Gasteiger partial charge in [-0.3, -0.25) is 4.79 Å². The number of aliphatic carboxylic acids is 1. The van der Waals surface area contributed by atoms with Crippen molar-refractivity contribution in [2.75, 3.05) is 13.7 Å². The van der Waals surface area contributed by atoms with Gasteiger partial charge < -0.3 is 19.5 Å². The van der Waals surface area contributed by atoms with Crippen molar-refractivity contribution in [2.24, 2.45) is 5.92 Å². The second kappa shape index (κ2) is 6.47. The van der Waals surface area contributed by atoms with Gasteiger partial charge in [-0.15, -0.1) is 0 Å². The fourth-order valence-corrected chi connectivity index (χ4v) is 2.68. The summed E-state index contributed by atoms with van der Waals surface area (Å²) in [5.74, 6) is -2.91. The zero-order chi connectivity index (χ0) is 17.2.